The number of rotatable bonds is 4. The summed E-state index contributed by atoms with van der Waals surface area (Å²) in [5, 5.41) is 2.88. The molecule has 5 nitrogen and oxygen atoms in total. The first kappa shape index (κ1) is 21.2. The summed E-state index contributed by atoms with van der Waals surface area (Å²) < 4.78 is 40.6. The average Bonchev–Trinajstić information content (AvgIpc) is 2.98. The Bertz CT molecular complexity index is 710. The predicted molar refractivity (Wildman–Crippen MR) is 98.3 cm³/mol. The Labute approximate surface area is 158 Å². The van der Waals surface area contributed by atoms with Gasteiger partial charge in [0, 0.05) is 30.8 Å². The van der Waals surface area contributed by atoms with E-state index in [1.165, 1.54) is 17.2 Å². The molecule has 27 heavy (non-hydrogen) atoms. The highest BCUT2D eigenvalue weighted by molar-refractivity contribution is 5.88. The fraction of sp³-hybridized carbons (Fsp3) is 0.632. The summed E-state index contributed by atoms with van der Waals surface area (Å²) in [6.45, 7) is 9.11. The summed E-state index contributed by atoms with van der Waals surface area (Å²) in [6, 6.07) is 0.598. The zero-order chi connectivity index (χ0) is 20.4. The van der Waals surface area contributed by atoms with Crippen molar-refractivity contribution in [1.29, 1.82) is 0 Å². The van der Waals surface area contributed by atoms with Gasteiger partial charge in [-0.25, -0.2) is 9.97 Å². The van der Waals surface area contributed by atoms with E-state index in [1.54, 1.807) is 13.0 Å². The first-order valence-corrected chi connectivity index (χ1v) is 9.04. The molecule has 0 saturated carbocycles. The van der Waals surface area contributed by atoms with Gasteiger partial charge in [-0.05, 0) is 19.4 Å². The van der Waals surface area contributed by atoms with Crippen molar-refractivity contribution < 1.29 is 18.0 Å². The van der Waals surface area contributed by atoms with Crippen molar-refractivity contribution in [3.63, 3.8) is 0 Å². The first-order chi connectivity index (χ1) is 12.4. The molecule has 0 spiro atoms. The summed E-state index contributed by atoms with van der Waals surface area (Å²) in [5.41, 5.74) is 0.520. The molecule has 1 aliphatic heterocycles. The molecule has 0 aliphatic carbocycles. The van der Waals surface area contributed by atoms with E-state index in [-0.39, 0.29) is 24.4 Å². The van der Waals surface area contributed by atoms with Crippen molar-refractivity contribution in [2.24, 2.45) is 5.92 Å². The Morgan fingerprint density at radius 2 is 2.00 bits per heavy atom. The van der Waals surface area contributed by atoms with Gasteiger partial charge in [0.05, 0.1) is 12.0 Å². The molecule has 2 heterocycles. The molecule has 1 amide bonds. The lowest BCUT2D eigenvalue weighted by Gasteiger charge is -2.23. The maximum Gasteiger partial charge on any atom is 0.395 e. The minimum Gasteiger partial charge on any atom is -0.365 e. The summed E-state index contributed by atoms with van der Waals surface area (Å²) in [7, 11) is 0. The van der Waals surface area contributed by atoms with Crippen LogP contribution in [0.5, 0.6) is 0 Å². The van der Waals surface area contributed by atoms with Crippen LogP contribution in [0.3, 0.4) is 0 Å². The molecule has 1 aromatic heterocycles. The first-order valence-electron chi connectivity index (χ1n) is 9.04. The van der Waals surface area contributed by atoms with Gasteiger partial charge >= 0.3 is 6.18 Å². The lowest BCUT2D eigenvalue weighted by atomic mass is 9.96. The van der Waals surface area contributed by atoms with Gasteiger partial charge in [0.15, 0.2) is 0 Å². The SMILES string of the molecule is CCC(C)=CC(=O)N1C[C@@H](C(F)(F)F)[C@H](Nc2ccnc(C(C)(C)C)n2)C1. The number of carbonyl (C=O) groups is 1. The summed E-state index contributed by atoms with van der Waals surface area (Å²) in [5.74, 6) is -1.15. The average molecular weight is 384 g/mol. The molecular weight excluding hydrogens is 357 g/mol. The molecule has 0 radical (unpaired) electrons. The van der Waals surface area contributed by atoms with Crippen LogP contribution in [-0.4, -0.2) is 46.1 Å². The third kappa shape index (κ3) is 5.43. The van der Waals surface area contributed by atoms with Crippen molar-refractivity contribution in [2.75, 3.05) is 18.4 Å². The van der Waals surface area contributed by atoms with Crippen LogP contribution >= 0.6 is 0 Å². The molecule has 1 saturated heterocycles. The van der Waals surface area contributed by atoms with Gasteiger partial charge < -0.3 is 10.2 Å². The molecule has 0 aromatic carbocycles. The summed E-state index contributed by atoms with van der Waals surface area (Å²) in [4.78, 5) is 22.1. The lowest BCUT2D eigenvalue weighted by molar-refractivity contribution is -0.172. The van der Waals surface area contributed by atoms with E-state index < -0.39 is 18.1 Å². The summed E-state index contributed by atoms with van der Waals surface area (Å²) >= 11 is 0. The maximum absolute atomic E-state index is 13.5. The number of halogens is 3. The van der Waals surface area contributed by atoms with E-state index in [9.17, 15) is 18.0 Å². The second-order valence-electron chi connectivity index (χ2n) is 8.00. The Morgan fingerprint density at radius 3 is 2.56 bits per heavy atom. The molecule has 1 aromatic rings. The molecular formula is C19H27F3N4O. The lowest BCUT2D eigenvalue weighted by Crippen LogP contribution is -2.38. The van der Waals surface area contributed by atoms with Crippen LogP contribution in [-0.2, 0) is 10.2 Å². The fourth-order valence-corrected chi connectivity index (χ4v) is 2.86. The fourth-order valence-electron chi connectivity index (χ4n) is 2.86. The zero-order valence-corrected chi connectivity index (χ0v) is 16.4. The van der Waals surface area contributed by atoms with Gasteiger partial charge in [-0.3, -0.25) is 4.79 Å². The van der Waals surface area contributed by atoms with Gasteiger partial charge in [0.1, 0.15) is 11.6 Å². The van der Waals surface area contributed by atoms with Crippen LogP contribution in [0.25, 0.3) is 0 Å². The van der Waals surface area contributed by atoms with Crippen molar-refractivity contribution >= 4 is 11.7 Å². The van der Waals surface area contributed by atoms with E-state index >= 15 is 0 Å². The van der Waals surface area contributed by atoms with Crippen LogP contribution in [0.15, 0.2) is 23.9 Å². The number of nitrogens with zero attached hydrogens (tertiary/aromatic N) is 3. The van der Waals surface area contributed by atoms with E-state index in [0.717, 1.165) is 5.57 Å². The van der Waals surface area contributed by atoms with Gasteiger partial charge in [0.2, 0.25) is 5.91 Å². The Morgan fingerprint density at radius 1 is 1.33 bits per heavy atom. The topological polar surface area (TPSA) is 58.1 Å². The molecule has 1 N–H and O–H groups in total. The van der Waals surface area contributed by atoms with Crippen LogP contribution < -0.4 is 5.32 Å². The number of aromatic nitrogens is 2. The standard InChI is InChI=1S/C19H27F3N4O/c1-6-12(2)9-16(27)26-10-13(19(20,21)22)14(11-26)24-15-7-8-23-17(25-15)18(3,4)5/h7-9,13-14H,6,10-11H2,1-5H3,(H,23,24,25)/t13-,14-/m1/s1. The third-order valence-corrected chi connectivity index (χ3v) is 4.64. The van der Waals surface area contributed by atoms with Gasteiger partial charge in [-0.2, -0.15) is 13.2 Å². The number of hydrogen-bond donors (Lipinski definition) is 1. The van der Waals surface area contributed by atoms with Crippen molar-refractivity contribution in [3.8, 4) is 0 Å². The molecule has 2 atom stereocenters. The van der Waals surface area contributed by atoms with Crippen LogP contribution in [0.2, 0.25) is 0 Å². The van der Waals surface area contributed by atoms with E-state index in [1.807, 2.05) is 27.7 Å². The number of carbonyl (C=O) groups excluding carboxylic acids is 1. The highest BCUT2D eigenvalue weighted by atomic mass is 19.4. The minimum atomic E-state index is -4.41. The van der Waals surface area contributed by atoms with Crippen molar-refractivity contribution in [1.82, 2.24) is 14.9 Å². The molecule has 150 valence electrons. The van der Waals surface area contributed by atoms with Crippen LogP contribution in [0.1, 0.15) is 46.9 Å². The highest BCUT2D eigenvalue weighted by Gasteiger charge is 2.50. The highest BCUT2D eigenvalue weighted by Crippen LogP contribution is 2.35. The van der Waals surface area contributed by atoms with Gasteiger partial charge in [-0.15, -0.1) is 0 Å². The molecule has 0 unspecified atom stereocenters. The zero-order valence-electron chi connectivity index (χ0n) is 16.4. The monoisotopic (exact) mass is 384 g/mol. The van der Waals surface area contributed by atoms with Gasteiger partial charge in [-0.1, -0.05) is 33.3 Å². The Balaban J connectivity index is 2.22. The van der Waals surface area contributed by atoms with Gasteiger partial charge in [0.25, 0.3) is 0 Å². The van der Waals surface area contributed by atoms with Crippen LogP contribution in [0, 0.1) is 5.92 Å². The smallest absolute Gasteiger partial charge is 0.365 e. The molecule has 2 rings (SSSR count). The largest absolute Gasteiger partial charge is 0.395 e. The molecule has 0 bridgehead atoms. The van der Waals surface area contributed by atoms with Crippen molar-refractivity contribution in [2.45, 2.75) is 58.7 Å². The number of hydrogen-bond acceptors (Lipinski definition) is 4. The number of amides is 1. The number of alkyl halides is 3. The second kappa shape index (κ2) is 7.86. The second-order valence-corrected chi connectivity index (χ2v) is 8.00. The Kier molecular flexibility index (Phi) is 6.17. The Hall–Kier alpha value is -2.12. The normalized spacial score (nSPS) is 21.5. The van der Waals surface area contributed by atoms with Crippen molar-refractivity contribution in [3.05, 3.63) is 29.7 Å². The molecule has 8 heteroatoms. The number of nitrogens with one attached hydrogen (secondary N) is 1. The quantitative estimate of drug-likeness (QED) is 0.799. The van der Waals surface area contributed by atoms with E-state index in [4.69, 9.17) is 0 Å². The maximum atomic E-state index is 13.5. The predicted octanol–water partition coefficient (Wildman–Crippen LogP) is 3.93. The molecule has 1 fully saturated rings. The van der Waals surface area contributed by atoms with Crippen LogP contribution in [0.4, 0.5) is 19.0 Å². The number of likely N-dealkylation sites (tertiary alicyclic amines) is 1. The third-order valence-electron chi connectivity index (χ3n) is 4.64. The minimum absolute atomic E-state index is 0.0225. The van der Waals surface area contributed by atoms with E-state index in [0.29, 0.717) is 18.1 Å². The van der Waals surface area contributed by atoms with E-state index in [2.05, 4.69) is 15.3 Å². The molecule has 1 aliphatic rings. The number of allylic oxidation sites excluding steroid dienone is 1. The summed E-state index contributed by atoms with van der Waals surface area (Å²) in [6.07, 6.45) is -0.779. The number of anilines is 1.